The molecule has 6 heteroatoms. The second kappa shape index (κ2) is 6.69. The van der Waals surface area contributed by atoms with Crippen LogP contribution in [0.15, 0.2) is 35.8 Å². The van der Waals surface area contributed by atoms with Crippen LogP contribution in [0, 0.1) is 0 Å². The number of thiazole rings is 1. The lowest BCUT2D eigenvalue weighted by molar-refractivity contribution is 0.0909. The molecular weight excluding hydrogens is 286 g/mol. The van der Waals surface area contributed by atoms with Crippen LogP contribution in [0.2, 0.25) is 0 Å². The maximum Gasteiger partial charge on any atom is 0.411 e. The summed E-state index contributed by atoms with van der Waals surface area (Å²) in [6.07, 6.45) is 3.08. The van der Waals surface area contributed by atoms with Crippen molar-refractivity contribution in [3.8, 4) is 10.6 Å². The zero-order chi connectivity index (χ0) is 14.5. The third-order valence-electron chi connectivity index (χ3n) is 3.39. The van der Waals surface area contributed by atoms with Crippen LogP contribution in [-0.4, -0.2) is 30.3 Å². The van der Waals surface area contributed by atoms with Gasteiger partial charge in [-0.05, 0) is 38.1 Å². The largest absolute Gasteiger partial charge is 0.446 e. The summed E-state index contributed by atoms with van der Waals surface area (Å²) in [6.45, 7) is 1.79. The number of nitrogens with zero attached hydrogens (tertiary/aromatic N) is 1. The summed E-state index contributed by atoms with van der Waals surface area (Å²) >= 11 is 1.54. The molecule has 1 fully saturated rings. The van der Waals surface area contributed by atoms with Crippen molar-refractivity contribution < 1.29 is 9.53 Å². The van der Waals surface area contributed by atoms with Gasteiger partial charge in [-0.1, -0.05) is 12.1 Å². The van der Waals surface area contributed by atoms with Crippen LogP contribution in [0.25, 0.3) is 10.6 Å². The second-order valence-corrected chi connectivity index (χ2v) is 5.76. The molecule has 5 nitrogen and oxygen atoms in total. The van der Waals surface area contributed by atoms with Gasteiger partial charge in [-0.15, -0.1) is 11.3 Å². The molecule has 2 N–H and O–H groups in total. The molecule has 2 aromatic rings. The number of aromatic nitrogens is 1. The van der Waals surface area contributed by atoms with Crippen molar-refractivity contribution in [2.45, 2.75) is 18.9 Å². The van der Waals surface area contributed by atoms with Gasteiger partial charge in [0.15, 0.2) is 0 Å². The van der Waals surface area contributed by atoms with Gasteiger partial charge in [0.05, 0.1) is 5.69 Å². The van der Waals surface area contributed by atoms with E-state index in [1.54, 1.807) is 17.5 Å². The summed E-state index contributed by atoms with van der Waals surface area (Å²) in [5.41, 5.74) is 1.64. The summed E-state index contributed by atoms with van der Waals surface area (Å²) in [5.74, 6) is 0. The normalized spacial score (nSPS) is 15.6. The smallest absolute Gasteiger partial charge is 0.411 e. The number of benzene rings is 1. The van der Waals surface area contributed by atoms with Gasteiger partial charge < -0.3 is 10.1 Å². The second-order valence-electron chi connectivity index (χ2n) is 4.86. The van der Waals surface area contributed by atoms with Gasteiger partial charge in [-0.2, -0.15) is 0 Å². The Hall–Kier alpha value is -1.92. The summed E-state index contributed by atoms with van der Waals surface area (Å²) < 4.78 is 5.46. The molecule has 21 heavy (non-hydrogen) atoms. The average molecular weight is 303 g/mol. The number of rotatable bonds is 3. The molecule has 0 bridgehead atoms. The van der Waals surface area contributed by atoms with E-state index < -0.39 is 6.09 Å². The number of nitrogens with one attached hydrogen (secondary N) is 2. The highest BCUT2D eigenvalue weighted by molar-refractivity contribution is 7.13. The van der Waals surface area contributed by atoms with Gasteiger partial charge in [0.1, 0.15) is 11.1 Å². The van der Waals surface area contributed by atoms with Crippen LogP contribution in [0.4, 0.5) is 10.5 Å². The Morgan fingerprint density at radius 1 is 1.33 bits per heavy atom. The van der Waals surface area contributed by atoms with Crippen molar-refractivity contribution in [1.82, 2.24) is 10.3 Å². The number of piperidine rings is 1. The molecule has 1 amide bonds. The van der Waals surface area contributed by atoms with E-state index in [0.29, 0.717) is 0 Å². The Morgan fingerprint density at radius 3 is 2.90 bits per heavy atom. The van der Waals surface area contributed by atoms with E-state index in [4.69, 9.17) is 4.74 Å². The molecule has 0 unspecified atom stereocenters. The molecule has 0 spiro atoms. The number of ether oxygens (including phenoxy) is 1. The SMILES string of the molecule is O=C(Nc1ccccc1-c1nccs1)OC1CCNCC1. The molecule has 1 saturated heterocycles. The first-order valence-electron chi connectivity index (χ1n) is 7.00. The highest BCUT2D eigenvalue weighted by Gasteiger charge is 2.18. The van der Waals surface area contributed by atoms with E-state index in [1.165, 1.54) is 0 Å². The number of para-hydroxylation sites is 1. The van der Waals surface area contributed by atoms with E-state index in [1.807, 2.05) is 29.6 Å². The van der Waals surface area contributed by atoms with Crippen molar-refractivity contribution in [1.29, 1.82) is 0 Å². The van der Waals surface area contributed by atoms with Crippen molar-refractivity contribution >= 4 is 23.1 Å². The number of amides is 1. The number of carbonyl (C=O) groups excluding carboxylic acids is 1. The summed E-state index contributed by atoms with van der Waals surface area (Å²) in [4.78, 5) is 16.3. The van der Waals surface area contributed by atoms with E-state index in [-0.39, 0.29) is 6.10 Å². The first-order valence-corrected chi connectivity index (χ1v) is 7.88. The van der Waals surface area contributed by atoms with Crippen LogP contribution in [0.5, 0.6) is 0 Å². The van der Waals surface area contributed by atoms with Gasteiger partial charge in [0.2, 0.25) is 0 Å². The Labute approximate surface area is 127 Å². The van der Waals surface area contributed by atoms with Crippen LogP contribution < -0.4 is 10.6 Å². The van der Waals surface area contributed by atoms with Crippen molar-refractivity contribution in [3.05, 3.63) is 35.8 Å². The fourth-order valence-corrected chi connectivity index (χ4v) is 3.02. The van der Waals surface area contributed by atoms with E-state index >= 15 is 0 Å². The highest BCUT2D eigenvalue weighted by Crippen LogP contribution is 2.29. The molecule has 3 rings (SSSR count). The minimum atomic E-state index is -0.397. The van der Waals surface area contributed by atoms with Gasteiger partial charge in [0.25, 0.3) is 0 Å². The maximum atomic E-state index is 12.0. The quantitative estimate of drug-likeness (QED) is 0.914. The van der Waals surface area contributed by atoms with Crippen LogP contribution >= 0.6 is 11.3 Å². The molecule has 1 aliphatic rings. The molecule has 1 aromatic carbocycles. The predicted molar refractivity (Wildman–Crippen MR) is 83.5 cm³/mol. The lowest BCUT2D eigenvalue weighted by atomic mass is 10.1. The lowest BCUT2D eigenvalue weighted by Gasteiger charge is -2.23. The molecule has 110 valence electrons. The molecule has 0 radical (unpaired) electrons. The molecule has 1 aliphatic heterocycles. The van der Waals surface area contributed by atoms with E-state index in [9.17, 15) is 4.79 Å². The Kier molecular flexibility index (Phi) is 4.47. The van der Waals surface area contributed by atoms with Gasteiger partial charge >= 0.3 is 6.09 Å². The zero-order valence-electron chi connectivity index (χ0n) is 11.5. The van der Waals surface area contributed by atoms with E-state index in [2.05, 4.69) is 15.6 Å². The zero-order valence-corrected chi connectivity index (χ0v) is 12.4. The molecular formula is C15H17N3O2S. The monoisotopic (exact) mass is 303 g/mol. The Balaban J connectivity index is 1.68. The van der Waals surface area contributed by atoms with Crippen LogP contribution in [-0.2, 0) is 4.74 Å². The third-order valence-corrected chi connectivity index (χ3v) is 4.19. The van der Waals surface area contributed by atoms with Gasteiger partial charge in [0, 0.05) is 17.1 Å². The number of anilines is 1. The number of hydrogen-bond acceptors (Lipinski definition) is 5. The van der Waals surface area contributed by atoms with Crippen molar-refractivity contribution in [3.63, 3.8) is 0 Å². The number of carbonyl (C=O) groups is 1. The topological polar surface area (TPSA) is 63.2 Å². The minimum absolute atomic E-state index is 0.00160. The minimum Gasteiger partial charge on any atom is -0.446 e. The fourth-order valence-electron chi connectivity index (χ4n) is 2.34. The lowest BCUT2D eigenvalue weighted by Crippen LogP contribution is -2.34. The van der Waals surface area contributed by atoms with Gasteiger partial charge in [-0.3, -0.25) is 5.32 Å². The third kappa shape index (κ3) is 3.59. The van der Waals surface area contributed by atoms with Crippen LogP contribution in [0.1, 0.15) is 12.8 Å². The Morgan fingerprint density at radius 2 is 2.14 bits per heavy atom. The summed E-state index contributed by atoms with van der Waals surface area (Å²) in [5, 5.41) is 8.88. The summed E-state index contributed by atoms with van der Waals surface area (Å²) in [7, 11) is 0. The molecule has 0 atom stereocenters. The Bertz CT molecular complexity index is 595. The molecule has 0 saturated carbocycles. The molecule has 1 aromatic heterocycles. The maximum absolute atomic E-state index is 12.0. The van der Waals surface area contributed by atoms with Crippen LogP contribution in [0.3, 0.4) is 0 Å². The predicted octanol–water partition coefficient (Wildman–Crippen LogP) is 3.11. The fraction of sp³-hybridized carbons (Fsp3) is 0.333. The number of hydrogen-bond donors (Lipinski definition) is 2. The summed E-state index contributed by atoms with van der Waals surface area (Å²) in [6, 6.07) is 7.62. The molecule has 0 aliphatic carbocycles. The van der Waals surface area contributed by atoms with Gasteiger partial charge in [-0.25, -0.2) is 9.78 Å². The first-order chi connectivity index (χ1) is 10.3. The standard InChI is InChI=1S/C15H17N3O2S/c19-15(20-11-5-7-16-8-6-11)18-13-4-2-1-3-12(13)14-17-9-10-21-14/h1-4,9-11,16H,5-8H2,(H,18,19). The average Bonchev–Trinajstić information content (AvgIpc) is 3.03. The van der Waals surface area contributed by atoms with Crippen molar-refractivity contribution in [2.75, 3.05) is 18.4 Å². The molecule has 2 heterocycles. The highest BCUT2D eigenvalue weighted by atomic mass is 32.1. The van der Waals surface area contributed by atoms with Crippen molar-refractivity contribution in [2.24, 2.45) is 0 Å². The first kappa shape index (κ1) is 14.0. The van der Waals surface area contributed by atoms with E-state index in [0.717, 1.165) is 42.2 Å².